The first-order chi connectivity index (χ1) is 27.9. The summed E-state index contributed by atoms with van der Waals surface area (Å²) in [4.78, 5) is 72.7. The number of fused-ring (bicyclic) bond motifs is 5. The van der Waals surface area contributed by atoms with E-state index in [4.69, 9.17) is 19.4 Å². The van der Waals surface area contributed by atoms with Crippen LogP contribution in [0, 0.1) is 23.7 Å². The molecule has 0 spiro atoms. The molecule has 2 saturated carbocycles. The molecule has 302 valence electrons. The van der Waals surface area contributed by atoms with Crippen molar-refractivity contribution < 1.29 is 28.7 Å². The Kier molecular flexibility index (Phi) is 9.39. The minimum Gasteiger partial charge on any atom is -0.453 e. The molecule has 14 heteroatoms. The van der Waals surface area contributed by atoms with E-state index in [1.54, 1.807) is 0 Å². The number of aromatic amines is 2. The molecule has 3 aromatic carbocycles. The Hall–Kier alpha value is -5.92. The van der Waals surface area contributed by atoms with E-state index in [-0.39, 0.29) is 47.8 Å². The minimum absolute atomic E-state index is 0.0979. The Bertz CT molecular complexity index is 2420. The zero-order valence-electron chi connectivity index (χ0n) is 33.6. The Morgan fingerprint density at radius 1 is 0.690 bits per heavy atom. The highest BCUT2D eigenvalue weighted by atomic mass is 16.5. The topological polar surface area (TPSA) is 175 Å². The van der Waals surface area contributed by atoms with Gasteiger partial charge in [-0.2, -0.15) is 0 Å². The SMILES string of the molecule is COC(=O)N[C@H](C(=O)N1[C@@H]2C[C@@H]2C[C@H]1c1ncc(-c2ccc(-c3ccc4c(ccc5[nH]c([C@@H]6C[C@H]7C[C@H]7N6C(=O)[C@@H](NC(=O)OC)C(C)C)nc54)c3)cc2)[nH]1)C(C)C. The van der Waals surface area contributed by atoms with E-state index in [1.807, 2.05) is 43.7 Å². The van der Waals surface area contributed by atoms with Crippen molar-refractivity contribution in [3.05, 3.63) is 72.4 Å². The van der Waals surface area contributed by atoms with E-state index in [2.05, 4.69) is 75.2 Å². The van der Waals surface area contributed by atoms with Crippen molar-refractivity contribution in [3.8, 4) is 22.4 Å². The third kappa shape index (κ3) is 6.61. The Balaban J connectivity index is 0.922. The van der Waals surface area contributed by atoms with Gasteiger partial charge in [-0.3, -0.25) is 9.59 Å². The lowest BCUT2D eigenvalue weighted by molar-refractivity contribution is -0.137. The van der Waals surface area contributed by atoms with E-state index in [0.29, 0.717) is 11.8 Å². The lowest BCUT2D eigenvalue weighted by Crippen LogP contribution is -2.52. The monoisotopic (exact) mass is 786 g/mol. The first-order valence-corrected chi connectivity index (χ1v) is 20.3. The molecular weight excluding hydrogens is 737 g/mol. The van der Waals surface area contributed by atoms with Gasteiger partial charge < -0.3 is 39.9 Å². The van der Waals surface area contributed by atoms with Crippen molar-refractivity contribution >= 4 is 45.8 Å². The molecular formula is C44H50N8O6. The second-order valence-corrected chi connectivity index (χ2v) is 17.1. The van der Waals surface area contributed by atoms with Crippen molar-refractivity contribution in [3.63, 3.8) is 0 Å². The number of hydrogen-bond acceptors (Lipinski definition) is 8. The first-order valence-electron chi connectivity index (χ1n) is 20.3. The number of carbonyl (C=O) groups is 4. The molecule has 0 unspecified atom stereocenters. The van der Waals surface area contributed by atoms with E-state index in [0.717, 1.165) is 81.5 Å². The molecule has 2 aliphatic carbocycles. The normalized spacial score (nSPS) is 24.1. The fraction of sp³-hybridized carbons (Fsp3) is 0.455. The number of ether oxygens (including phenoxy) is 2. The fourth-order valence-corrected chi connectivity index (χ4v) is 9.41. The van der Waals surface area contributed by atoms with Crippen molar-refractivity contribution in [1.29, 1.82) is 0 Å². The maximum atomic E-state index is 13.9. The highest BCUT2D eigenvalue weighted by Gasteiger charge is 2.57. The number of alkyl carbamates (subject to hydrolysis) is 2. The summed E-state index contributed by atoms with van der Waals surface area (Å²) >= 11 is 0. The summed E-state index contributed by atoms with van der Waals surface area (Å²) in [5.41, 5.74) is 5.78. The number of H-pyrrole nitrogens is 2. The number of likely N-dealkylation sites (tertiary alicyclic amines) is 2. The number of carbonyl (C=O) groups excluding carboxylic acids is 4. The van der Waals surface area contributed by atoms with Crippen LogP contribution in [0.15, 0.2) is 60.8 Å². The fourth-order valence-electron chi connectivity index (χ4n) is 9.41. The maximum Gasteiger partial charge on any atom is 0.407 e. The summed E-state index contributed by atoms with van der Waals surface area (Å²) < 4.78 is 9.62. The van der Waals surface area contributed by atoms with Gasteiger partial charge in [-0.15, -0.1) is 0 Å². The number of aromatic nitrogens is 4. The van der Waals surface area contributed by atoms with Crippen molar-refractivity contribution in [2.24, 2.45) is 23.7 Å². The second kappa shape index (κ2) is 14.5. The Morgan fingerprint density at radius 3 is 1.81 bits per heavy atom. The first kappa shape index (κ1) is 37.6. The zero-order valence-corrected chi connectivity index (χ0v) is 33.6. The quantitative estimate of drug-likeness (QED) is 0.119. The molecule has 0 bridgehead atoms. The number of hydrogen-bond donors (Lipinski definition) is 4. The van der Waals surface area contributed by atoms with E-state index in [1.165, 1.54) is 14.2 Å². The van der Waals surface area contributed by atoms with E-state index >= 15 is 0 Å². The minimum atomic E-state index is -0.684. The van der Waals surface area contributed by atoms with E-state index < -0.39 is 24.3 Å². The Labute approximate surface area is 336 Å². The average molecular weight is 787 g/mol. The lowest BCUT2D eigenvalue weighted by atomic mass is 9.99. The highest BCUT2D eigenvalue weighted by Crippen LogP contribution is 2.54. The number of nitrogens with zero attached hydrogens (tertiary/aromatic N) is 4. The zero-order chi connectivity index (χ0) is 40.6. The number of nitrogens with one attached hydrogen (secondary N) is 4. The molecule has 2 aliphatic heterocycles. The number of benzene rings is 3. The molecule has 0 radical (unpaired) electrons. The number of imidazole rings is 2. The van der Waals surface area contributed by atoms with Crippen LogP contribution in [-0.2, 0) is 19.1 Å². The van der Waals surface area contributed by atoms with Gasteiger partial charge in [-0.25, -0.2) is 19.6 Å². The summed E-state index contributed by atoms with van der Waals surface area (Å²) in [6.45, 7) is 7.69. The number of amides is 4. The van der Waals surface area contributed by atoms with Gasteiger partial charge in [0.25, 0.3) is 0 Å². The molecule has 2 aromatic heterocycles. The summed E-state index contributed by atoms with van der Waals surface area (Å²) in [7, 11) is 2.61. The molecule has 2 saturated heterocycles. The van der Waals surface area contributed by atoms with Crippen LogP contribution in [0.5, 0.6) is 0 Å². The van der Waals surface area contributed by atoms with Crippen LogP contribution in [0.4, 0.5) is 9.59 Å². The third-order valence-electron chi connectivity index (χ3n) is 12.7. The Morgan fingerprint density at radius 2 is 1.24 bits per heavy atom. The molecule has 5 aromatic rings. The molecule has 4 fully saturated rings. The van der Waals surface area contributed by atoms with Crippen molar-refractivity contribution in [2.45, 2.75) is 89.6 Å². The van der Waals surface area contributed by atoms with Gasteiger partial charge in [0.2, 0.25) is 11.8 Å². The predicted molar refractivity (Wildman–Crippen MR) is 217 cm³/mol. The van der Waals surface area contributed by atoms with Gasteiger partial charge in [0.15, 0.2) is 0 Å². The predicted octanol–water partition coefficient (Wildman–Crippen LogP) is 6.86. The molecule has 9 rings (SSSR count). The molecule has 4 heterocycles. The van der Waals surface area contributed by atoms with Crippen LogP contribution in [0.2, 0.25) is 0 Å². The summed E-state index contributed by atoms with van der Waals surface area (Å²) in [6.07, 6.45) is 4.23. The number of piperidine rings is 2. The molecule has 4 aliphatic rings. The highest BCUT2D eigenvalue weighted by molar-refractivity contribution is 6.05. The van der Waals surface area contributed by atoms with Crippen molar-refractivity contribution in [1.82, 2.24) is 40.4 Å². The maximum absolute atomic E-state index is 13.9. The van der Waals surface area contributed by atoms with E-state index in [9.17, 15) is 19.2 Å². The summed E-state index contributed by atoms with van der Waals surface area (Å²) in [5, 5.41) is 7.58. The van der Waals surface area contributed by atoms with Gasteiger partial charge >= 0.3 is 12.2 Å². The van der Waals surface area contributed by atoms with Gasteiger partial charge in [-0.1, -0.05) is 70.2 Å². The summed E-state index contributed by atoms with van der Waals surface area (Å²) in [6, 6.07) is 17.5. The smallest absolute Gasteiger partial charge is 0.407 e. The average Bonchev–Trinajstić information content (AvgIpc) is 3.84. The molecule has 58 heavy (non-hydrogen) atoms. The van der Waals surface area contributed by atoms with Crippen LogP contribution in [-0.4, -0.2) is 92.1 Å². The standard InChI is InChI=1S/C44H50N8O6/c1-21(2)36(49-43(55)57-5)41(53)51-32-16-27(32)18-34(51)39-45-20-31(47-39)24-9-7-23(8-10-24)25-11-13-29-26(15-25)12-14-30-38(29)48-40(46-30)35-19-28-17-33(28)52(35)42(54)37(22(3)4)50-44(56)58-6/h7-15,20-22,27-28,32-37H,16-19H2,1-6H3,(H,45,47)(H,46,48)(H,49,55)(H,50,56)/t27-,28-,32-,33-,34+,35+,36+,37+/m1/s1. The van der Waals surface area contributed by atoms with Crippen LogP contribution in [0.1, 0.15) is 77.1 Å². The number of methoxy groups -OCH3 is 2. The largest absolute Gasteiger partial charge is 0.453 e. The molecule has 14 nitrogen and oxygen atoms in total. The van der Waals surface area contributed by atoms with Crippen LogP contribution < -0.4 is 10.6 Å². The van der Waals surface area contributed by atoms with Crippen molar-refractivity contribution in [2.75, 3.05) is 14.2 Å². The lowest BCUT2D eigenvalue weighted by Gasteiger charge is -2.31. The van der Waals surface area contributed by atoms with Gasteiger partial charge in [0.1, 0.15) is 23.7 Å². The van der Waals surface area contributed by atoms with Gasteiger partial charge in [0.05, 0.1) is 49.2 Å². The molecule has 4 N–H and O–H groups in total. The second-order valence-electron chi connectivity index (χ2n) is 17.1. The molecule has 4 amide bonds. The van der Waals surface area contributed by atoms with Crippen LogP contribution >= 0.6 is 0 Å². The molecule has 8 atom stereocenters. The van der Waals surface area contributed by atoms with Gasteiger partial charge in [-0.05, 0) is 83.6 Å². The third-order valence-corrected chi connectivity index (χ3v) is 12.7. The summed E-state index contributed by atoms with van der Waals surface area (Å²) in [5.74, 6) is 2.00. The van der Waals surface area contributed by atoms with Crippen LogP contribution in [0.3, 0.4) is 0 Å². The van der Waals surface area contributed by atoms with Gasteiger partial charge in [0, 0.05) is 17.5 Å². The van der Waals surface area contributed by atoms with Crippen LogP contribution in [0.25, 0.3) is 44.2 Å². The number of rotatable bonds is 10.